The van der Waals surface area contributed by atoms with Gasteiger partial charge in [-0.05, 0) is 56.0 Å². The topological polar surface area (TPSA) is 177 Å². The molecular formula is C27H45N5O5. The third-order valence-corrected chi connectivity index (χ3v) is 6.33. The van der Waals surface area contributed by atoms with Gasteiger partial charge in [-0.15, -0.1) is 0 Å². The molecule has 0 heterocycles. The minimum atomic E-state index is -1.13. The zero-order valence-corrected chi connectivity index (χ0v) is 22.5. The average Bonchev–Trinajstić information content (AvgIpc) is 2.85. The van der Waals surface area contributed by atoms with E-state index in [1.165, 1.54) is 0 Å². The predicted octanol–water partition coefficient (Wildman–Crippen LogP) is 1.32. The third kappa shape index (κ3) is 11.7. The van der Waals surface area contributed by atoms with Crippen molar-refractivity contribution in [3.8, 4) is 0 Å². The molecular weight excluding hydrogens is 474 g/mol. The number of aliphatic carboxylic acids is 1. The molecule has 208 valence electrons. The summed E-state index contributed by atoms with van der Waals surface area (Å²) in [4.78, 5) is 50.9. The molecule has 0 aliphatic rings. The highest BCUT2D eigenvalue weighted by Gasteiger charge is 2.32. The number of hydrogen-bond donors (Lipinski definition) is 6. The van der Waals surface area contributed by atoms with E-state index >= 15 is 0 Å². The zero-order chi connectivity index (χ0) is 28.0. The van der Waals surface area contributed by atoms with E-state index in [0.717, 1.165) is 5.56 Å². The Balaban J connectivity index is 2.98. The molecule has 0 spiro atoms. The van der Waals surface area contributed by atoms with Crippen LogP contribution in [0.3, 0.4) is 0 Å². The standard InChI is InChI=1S/C27H45N5O5/c1-5-18(4)23(32-24(33)20(29)16-19-11-7-6-8-12-19)26(35)30-21(13-9-10-14-28)25(34)31-22(27(36)37)15-17(2)3/h6-8,11-12,17-18,20-23H,5,9-10,13-16,28-29H2,1-4H3,(H,30,35)(H,31,34)(H,32,33)(H,36,37). The van der Waals surface area contributed by atoms with Gasteiger partial charge in [-0.25, -0.2) is 4.79 Å². The molecule has 37 heavy (non-hydrogen) atoms. The first kappa shape index (κ1) is 32.0. The number of carbonyl (C=O) groups excluding carboxylic acids is 3. The van der Waals surface area contributed by atoms with Crippen LogP contribution in [0.5, 0.6) is 0 Å². The van der Waals surface area contributed by atoms with Gasteiger partial charge in [0.1, 0.15) is 18.1 Å². The number of hydrogen-bond acceptors (Lipinski definition) is 6. The molecule has 5 unspecified atom stereocenters. The summed E-state index contributed by atoms with van der Waals surface area (Å²) in [5.74, 6) is -2.86. The van der Waals surface area contributed by atoms with E-state index in [0.29, 0.717) is 32.2 Å². The lowest BCUT2D eigenvalue weighted by atomic mass is 9.96. The molecule has 0 saturated heterocycles. The molecule has 0 saturated carbocycles. The Morgan fingerprint density at radius 3 is 2.05 bits per heavy atom. The summed E-state index contributed by atoms with van der Waals surface area (Å²) in [6.07, 6.45) is 2.68. The number of carboxylic acids is 1. The smallest absolute Gasteiger partial charge is 0.326 e. The highest BCUT2D eigenvalue weighted by Crippen LogP contribution is 2.12. The summed E-state index contributed by atoms with van der Waals surface area (Å²) >= 11 is 0. The highest BCUT2D eigenvalue weighted by atomic mass is 16.4. The van der Waals surface area contributed by atoms with E-state index in [9.17, 15) is 24.3 Å². The molecule has 0 aliphatic carbocycles. The molecule has 5 atom stereocenters. The maximum atomic E-state index is 13.3. The van der Waals surface area contributed by atoms with E-state index < -0.39 is 47.9 Å². The second kappa shape index (κ2) is 16.7. The Labute approximate surface area is 220 Å². The van der Waals surface area contributed by atoms with Crippen LogP contribution in [0, 0.1) is 11.8 Å². The van der Waals surface area contributed by atoms with Crippen LogP contribution in [-0.4, -0.2) is 59.5 Å². The van der Waals surface area contributed by atoms with Crippen molar-refractivity contribution in [3.63, 3.8) is 0 Å². The summed E-state index contributed by atoms with van der Waals surface area (Å²) in [5, 5.41) is 17.6. The average molecular weight is 520 g/mol. The minimum Gasteiger partial charge on any atom is -0.480 e. The normalized spacial score (nSPS) is 15.2. The van der Waals surface area contributed by atoms with Gasteiger partial charge in [-0.1, -0.05) is 64.4 Å². The first-order valence-electron chi connectivity index (χ1n) is 13.1. The van der Waals surface area contributed by atoms with Crippen molar-refractivity contribution >= 4 is 23.7 Å². The van der Waals surface area contributed by atoms with Crippen LogP contribution in [0.25, 0.3) is 0 Å². The minimum absolute atomic E-state index is 0.0526. The first-order chi connectivity index (χ1) is 17.5. The van der Waals surface area contributed by atoms with E-state index in [1.807, 2.05) is 58.0 Å². The van der Waals surface area contributed by atoms with Crippen molar-refractivity contribution in [1.82, 2.24) is 16.0 Å². The van der Waals surface area contributed by atoms with E-state index in [-0.39, 0.29) is 24.7 Å². The van der Waals surface area contributed by atoms with Crippen molar-refractivity contribution in [1.29, 1.82) is 0 Å². The number of nitrogens with two attached hydrogens (primary N) is 2. The molecule has 10 nitrogen and oxygen atoms in total. The lowest BCUT2D eigenvalue weighted by molar-refractivity contribution is -0.143. The molecule has 10 heteroatoms. The number of amides is 3. The number of benzene rings is 1. The number of nitrogens with one attached hydrogen (secondary N) is 3. The fraction of sp³-hybridized carbons (Fsp3) is 0.630. The summed E-state index contributed by atoms with van der Waals surface area (Å²) in [7, 11) is 0. The van der Waals surface area contributed by atoms with Crippen molar-refractivity contribution < 1.29 is 24.3 Å². The quantitative estimate of drug-likeness (QED) is 0.168. The fourth-order valence-corrected chi connectivity index (χ4v) is 3.91. The van der Waals surface area contributed by atoms with E-state index in [1.54, 1.807) is 0 Å². The van der Waals surface area contributed by atoms with Crippen LogP contribution in [0.2, 0.25) is 0 Å². The molecule has 1 aromatic rings. The van der Waals surface area contributed by atoms with Crippen molar-refractivity contribution in [2.75, 3.05) is 6.54 Å². The van der Waals surface area contributed by atoms with Gasteiger partial charge in [0.2, 0.25) is 17.7 Å². The number of carbonyl (C=O) groups is 4. The Hall–Kier alpha value is -2.98. The zero-order valence-electron chi connectivity index (χ0n) is 22.5. The molecule has 0 radical (unpaired) electrons. The molecule has 0 bridgehead atoms. The Bertz CT molecular complexity index is 864. The van der Waals surface area contributed by atoms with Crippen LogP contribution in [0.4, 0.5) is 0 Å². The van der Waals surface area contributed by atoms with Crippen molar-refractivity contribution in [2.45, 2.75) is 90.4 Å². The molecule has 3 amide bonds. The lowest BCUT2D eigenvalue weighted by Gasteiger charge is -2.28. The monoisotopic (exact) mass is 519 g/mol. The fourth-order valence-electron chi connectivity index (χ4n) is 3.91. The van der Waals surface area contributed by atoms with E-state index in [4.69, 9.17) is 11.5 Å². The van der Waals surface area contributed by atoms with Gasteiger partial charge in [-0.3, -0.25) is 14.4 Å². The summed E-state index contributed by atoms with van der Waals surface area (Å²) in [6.45, 7) is 7.89. The SMILES string of the molecule is CCC(C)C(NC(=O)C(N)Cc1ccccc1)C(=O)NC(CCCCN)C(=O)NC(CC(C)C)C(=O)O. The van der Waals surface area contributed by atoms with Crippen LogP contribution in [0.15, 0.2) is 30.3 Å². The summed E-state index contributed by atoms with van der Waals surface area (Å²) < 4.78 is 0. The number of rotatable bonds is 17. The maximum absolute atomic E-state index is 13.3. The van der Waals surface area contributed by atoms with Crippen molar-refractivity contribution in [2.24, 2.45) is 23.3 Å². The largest absolute Gasteiger partial charge is 0.480 e. The maximum Gasteiger partial charge on any atom is 0.326 e. The highest BCUT2D eigenvalue weighted by molar-refractivity contribution is 5.94. The Morgan fingerprint density at radius 2 is 1.51 bits per heavy atom. The van der Waals surface area contributed by atoms with Gasteiger partial charge < -0.3 is 32.5 Å². The van der Waals surface area contributed by atoms with Crippen LogP contribution in [0.1, 0.15) is 65.4 Å². The van der Waals surface area contributed by atoms with Crippen LogP contribution >= 0.6 is 0 Å². The lowest BCUT2D eigenvalue weighted by Crippen LogP contribution is -2.58. The van der Waals surface area contributed by atoms with Gasteiger partial charge in [0.15, 0.2) is 0 Å². The van der Waals surface area contributed by atoms with Gasteiger partial charge in [-0.2, -0.15) is 0 Å². The molecule has 0 aliphatic heterocycles. The summed E-state index contributed by atoms with van der Waals surface area (Å²) in [5.41, 5.74) is 12.6. The Kier molecular flexibility index (Phi) is 14.5. The van der Waals surface area contributed by atoms with Crippen molar-refractivity contribution in [3.05, 3.63) is 35.9 Å². The molecule has 1 rings (SSSR count). The van der Waals surface area contributed by atoms with Gasteiger partial charge in [0.05, 0.1) is 6.04 Å². The Morgan fingerprint density at radius 1 is 0.892 bits per heavy atom. The van der Waals surface area contributed by atoms with Gasteiger partial charge in [0, 0.05) is 0 Å². The third-order valence-electron chi connectivity index (χ3n) is 6.33. The molecule has 0 aromatic heterocycles. The van der Waals surface area contributed by atoms with Crippen LogP contribution < -0.4 is 27.4 Å². The second-order valence-corrected chi connectivity index (χ2v) is 10.0. The summed E-state index contributed by atoms with van der Waals surface area (Å²) in [6, 6.07) is 5.56. The van der Waals surface area contributed by atoms with Crippen LogP contribution in [-0.2, 0) is 25.6 Å². The molecule has 0 fully saturated rings. The molecule has 8 N–H and O–H groups in total. The second-order valence-electron chi connectivity index (χ2n) is 10.0. The van der Waals surface area contributed by atoms with E-state index in [2.05, 4.69) is 16.0 Å². The van der Waals surface area contributed by atoms with Gasteiger partial charge >= 0.3 is 5.97 Å². The predicted molar refractivity (Wildman–Crippen MR) is 143 cm³/mol. The molecule has 1 aromatic carbocycles. The number of unbranched alkanes of at least 4 members (excludes halogenated alkanes) is 1. The van der Waals surface area contributed by atoms with Gasteiger partial charge in [0.25, 0.3) is 0 Å². The number of carboxylic acid groups (broad SMARTS) is 1. The first-order valence-corrected chi connectivity index (χ1v) is 13.1.